The van der Waals surface area contributed by atoms with Gasteiger partial charge in [-0.15, -0.1) is 0 Å². The molecule has 0 aliphatic heterocycles. The second kappa shape index (κ2) is 8.29. The van der Waals surface area contributed by atoms with E-state index < -0.39 is 52.3 Å². The third kappa shape index (κ3) is 3.27. The topological polar surface area (TPSA) is 173 Å². The molecule has 0 unspecified atom stereocenters. The van der Waals surface area contributed by atoms with Crippen LogP contribution in [-0.2, 0) is 20.8 Å². The van der Waals surface area contributed by atoms with Crippen LogP contribution in [0.15, 0.2) is 41.3 Å². The maximum absolute atomic E-state index is 14.0. The van der Waals surface area contributed by atoms with Gasteiger partial charge >= 0.3 is 0 Å². The van der Waals surface area contributed by atoms with Gasteiger partial charge in [0.1, 0.15) is 17.1 Å². The number of anilines is 1. The van der Waals surface area contributed by atoms with Crippen LogP contribution < -0.4 is 10.6 Å². The molecule has 0 radical (unpaired) electrons. The predicted octanol–water partition coefficient (Wildman–Crippen LogP) is 0.715. The number of rotatable bonds is 4. The van der Waals surface area contributed by atoms with E-state index in [1.165, 1.54) is 4.90 Å². The number of aliphatic hydroxyl groups excluding tert-OH is 2. The van der Waals surface area contributed by atoms with E-state index in [1.807, 2.05) is 31.1 Å². The minimum absolute atomic E-state index is 0.0508. The highest BCUT2D eigenvalue weighted by Gasteiger charge is 2.64. The number of carbonyl (C=O) groups excluding carboxylic acids is 3. The number of hydrogen-bond donors (Lipinski definition) is 5. The van der Waals surface area contributed by atoms with Gasteiger partial charge in [-0.3, -0.25) is 24.4 Å². The molecule has 1 saturated carbocycles. The lowest BCUT2D eigenvalue weighted by Crippen LogP contribution is -2.65. The molecule has 3 aliphatic rings. The molecule has 1 aromatic heterocycles. The highest BCUT2D eigenvalue weighted by atomic mass is 16.3. The van der Waals surface area contributed by atoms with Crippen molar-refractivity contribution in [3.05, 3.63) is 52.4 Å². The molecule has 1 heterocycles. The van der Waals surface area contributed by atoms with Crippen LogP contribution in [0.5, 0.6) is 0 Å². The molecular weight excluding hydrogens is 478 g/mol. The number of primary amides is 1. The summed E-state index contributed by atoms with van der Waals surface area (Å²) in [6.07, 6.45) is 2.03. The summed E-state index contributed by atoms with van der Waals surface area (Å²) < 4.78 is 0. The second-order valence-electron chi connectivity index (χ2n) is 10.3. The number of likely N-dealkylation sites (N-methyl/N-ethyl adjacent to an activating group) is 1. The van der Waals surface area contributed by atoms with Crippen LogP contribution in [-0.4, -0.2) is 87.7 Å². The summed E-state index contributed by atoms with van der Waals surface area (Å²) >= 11 is 0. The minimum Gasteiger partial charge on any atom is -0.508 e. The van der Waals surface area contributed by atoms with Crippen LogP contribution in [0.4, 0.5) is 5.69 Å². The fourth-order valence-electron chi connectivity index (χ4n) is 6.30. The van der Waals surface area contributed by atoms with Gasteiger partial charge in [-0.05, 0) is 50.6 Å². The number of carbonyl (C=O) groups is 3. The van der Waals surface area contributed by atoms with Gasteiger partial charge in [-0.25, -0.2) is 0 Å². The first-order valence-electron chi connectivity index (χ1n) is 11.9. The summed E-state index contributed by atoms with van der Waals surface area (Å²) in [6.45, 7) is 0. The summed E-state index contributed by atoms with van der Waals surface area (Å²) in [4.78, 5) is 42.8. The highest BCUT2D eigenvalue weighted by molar-refractivity contribution is 6.24. The van der Waals surface area contributed by atoms with Crippen LogP contribution in [0.2, 0.25) is 0 Å². The first kappa shape index (κ1) is 24.7. The summed E-state index contributed by atoms with van der Waals surface area (Å²) in [6, 6.07) is 4.40. The Morgan fingerprint density at radius 3 is 2.43 bits per heavy atom. The Hall–Kier alpha value is -3.96. The fourth-order valence-corrected chi connectivity index (χ4v) is 6.30. The Labute approximate surface area is 212 Å². The Bertz CT molecular complexity index is 1410. The first-order valence-corrected chi connectivity index (χ1v) is 11.9. The van der Waals surface area contributed by atoms with Crippen molar-refractivity contribution in [2.24, 2.45) is 17.6 Å². The van der Waals surface area contributed by atoms with E-state index in [4.69, 9.17) is 5.73 Å². The third-order valence-corrected chi connectivity index (χ3v) is 7.87. The summed E-state index contributed by atoms with van der Waals surface area (Å²) in [7, 11) is 6.94. The zero-order valence-corrected chi connectivity index (χ0v) is 20.9. The Morgan fingerprint density at radius 2 is 1.86 bits per heavy atom. The van der Waals surface area contributed by atoms with E-state index in [0.717, 1.165) is 11.3 Å². The normalized spacial score (nSPS) is 27.2. The minimum atomic E-state index is -2.60. The molecule has 0 bridgehead atoms. The van der Waals surface area contributed by atoms with Gasteiger partial charge < -0.3 is 26.0 Å². The molecule has 1 fully saturated rings. The van der Waals surface area contributed by atoms with Crippen LogP contribution in [0.1, 0.15) is 17.5 Å². The van der Waals surface area contributed by atoms with Crippen molar-refractivity contribution < 1.29 is 29.7 Å². The number of nitrogens with one attached hydrogen (secondary N) is 1. The first-order chi connectivity index (χ1) is 17.4. The number of H-pyrrole nitrogens is 1. The smallest absolute Gasteiger partial charge is 0.255 e. The number of amides is 1. The molecule has 37 heavy (non-hydrogen) atoms. The van der Waals surface area contributed by atoms with Crippen LogP contribution >= 0.6 is 0 Å². The molecule has 1 aromatic carbocycles. The van der Waals surface area contributed by atoms with Gasteiger partial charge in [0, 0.05) is 48.6 Å². The highest BCUT2D eigenvalue weighted by Crippen LogP contribution is 2.53. The van der Waals surface area contributed by atoms with Crippen LogP contribution in [0, 0.1) is 11.8 Å². The lowest BCUT2D eigenvalue weighted by molar-refractivity contribution is -0.153. The van der Waals surface area contributed by atoms with Crippen molar-refractivity contribution in [1.29, 1.82) is 0 Å². The number of aliphatic hydroxyl groups is 3. The predicted molar refractivity (Wildman–Crippen MR) is 134 cm³/mol. The molecule has 3 aliphatic carbocycles. The number of benzene rings is 1. The van der Waals surface area contributed by atoms with Gasteiger partial charge in [0.05, 0.1) is 11.7 Å². The quantitative estimate of drug-likeness (QED) is 0.374. The van der Waals surface area contributed by atoms with E-state index in [0.29, 0.717) is 23.2 Å². The largest absolute Gasteiger partial charge is 0.508 e. The monoisotopic (exact) mass is 507 g/mol. The number of aromatic amines is 1. The standard InChI is InChI=1S/C26H29N5O6/c1-30(2)16-6-5-12(15-7-8-28-29-15)18-13(16)9-11-10-14-20(31(3)4)22(33)19(25(27)36)24(35)26(14,37)23(34)17(11)21(18)32/h5-8,11,14,20,32,35,37H,9-10H2,1-4H3,(H2,27,36)(H,28,29)/t11-,14-,20-,26-/m0/s1. The summed E-state index contributed by atoms with van der Waals surface area (Å²) in [5.74, 6) is -5.91. The molecule has 1 amide bonds. The molecule has 11 nitrogen and oxygen atoms in total. The number of hydrogen-bond acceptors (Lipinski definition) is 9. The third-order valence-electron chi connectivity index (χ3n) is 7.87. The maximum Gasteiger partial charge on any atom is 0.255 e. The van der Waals surface area contributed by atoms with E-state index in [1.54, 1.807) is 26.4 Å². The zero-order chi connectivity index (χ0) is 27.0. The number of aromatic nitrogens is 2. The molecule has 6 N–H and O–H groups in total. The molecule has 2 aromatic rings. The van der Waals surface area contributed by atoms with Gasteiger partial charge in [0.25, 0.3) is 5.91 Å². The maximum atomic E-state index is 14.0. The van der Waals surface area contributed by atoms with E-state index in [2.05, 4.69) is 10.2 Å². The van der Waals surface area contributed by atoms with Crippen LogP contribution in [0.3, 0.4) is 0 Å². The molecule has 4 atom stereocenters. The SMILES string of the molecule is CN(C)c1ccc(-c2ccn[nH]2)c2c1C[C@H]1C[C@H]3[C@H](N(C)C)C(=O)C(C(N)=O)=C(O)[C@@]3(O)C(=O)C1=C2O. The van der Waals surface area contributed by atoms with E-state index in [9.17, 15) is 29.7 Å². The van der Waals surface area contributed by atoms with Gasteiger partial charge in [0.15, 0.2) is 11.4 Å². The average molecular weight is 508 g/mol. The summed E-state index contributed by atoms with van der Waals surface area (Å²) in [5, 5.41) is 41.3. The Morgan fingerprint density at radius 1 is 1.16 bits per heavy atom. The Kier molecular flexibility index (Phi) is 5.54. The zero-order valence-electron chi connectivity index (χ0n) is 20.9. The van der Waals surface area contributed by atoms with Crippen molar-refractivity contribution in [3.63, 3.8) is 0 Å². The molecule has 194 valence electrons. The van der Waals surface area contributed by atoms with Gasteiger partial charge in [-0.2, -0.15) is 5.10 Å². The van der Waals surface area contributed by atoms with Crippen molar-refractivity contribution in [2.75, 3.05) is 33.1 Å². The lowest BCUT2D eigenvalue weighted by atomic mass is 9.57. The van der Waals surface area contributed by atoms with Crippen LogP contribution in [0.25, 0.3) is 17.0 Å². The fraction of sp³-hybridized carbons (Fsp3) is 0.385. The number of Topliss-reactive ketones (excluding diaryl/α,β-unsaturated/α-hetero) is 2. The Balaban J connectivity index is 1.78. The molecule has 0 saturated heterocycles. The van der Waals surface area contributed by atoms with Crippen molar-refractivity contribution in [3.8, 4) is 11.3 Å². The van der Waals surface area contributed by atoms with Crippen molar-refractivity contribution in [2.45, 2.75) is 24.5 Å². The van der Waals surface area contributed by atoms with Gasteiger partial charge in [-0.1, -0.05) is 6.07 Å². The van der Waals surface area contributed by atoms with Crippen molar-refractivity contribution >= 4 is 28.9 Å². The van der Waals surface area contributed by atoms with Crippen molar-refractivity contribution in [1.82, 2.24) is 15.1 Å². The average Bonchev–Trinajstić information content (AvgIpc) is 3.35. The summed E-state index contributed by atoms with van der Waals surface area (Å²) in [5.41, 5.74) is 5.26. The number of nitrogens with two attached hydrogens (primary N) is 1. The molecule has 0 spiro atoms. The molecular formula is C26H29N5O6. The number of nitrogens with zero attached hydrogens (tertiary/aromatic N) is 3. The second-order valence-corrected chi connectivity index (χ2v) is 10.3. The number of fused-ring (bicyclic) bond motifs is 3. The molecule has 11 heteroatoms. The number of ketones is 2. The van der Waals surface area contributed by atoms with Gasteiger partial charge in [0.2, 0.25) is 5.78 Å². The lowest BCUT2D eigenvalue weighted by Gasteiger charge is -2.50. The van der Waals surface area contributed by atoms with E-state index >= 15 is 0 Å². The molecule has 5 rings (SSSR count). The van der Waals surface area contributed by atoms with E-state index in [-0.39, 0.29) is 17.8 Å².